The largest absolute Gasteiger partial charge is 0.304 e. The van der Waals surface area contributed by atoms with Crippen LogP contribution in [-0.4, -0.2) is 4.98 Å². The molecule has 1 unspecified atom stereocenters. The van der Waals surface area contributed by atoms with E-state index in [1.165, 1.54) is 15.8 Å². The summed E-state index contributed by atoms with van der Waals surface area (Å²) in [4.78, 5) is 4.52. The van der Waals surface area contributed by atoms with E-state index in [0.29, 0.717) is 6.04 Å². The summed E-state index contributed by atoms with van der Waals surface area (Å²) in [5.41, 5.74) is 3.60. The number of thiophene rings is 1. The van der Waals surface area contributed by atoms with E-state index >= 15 is 0 Å². The first-order chi connectivity index (χ1) is 10.1. The van der Waals surface area contributed by atoms with Crippen LogP contribution in [0.5, 0.6) is 0 Å². The van der Waals surface area contributed by atoms with Crippen LogP contribution in [0.4, 0.5) is 0 Å². The van der Waals surface area contributed by atoms with Crippen LogP contribution in [0.3, 0.4) is 0 Å². The second-order valence-corrected chi connectivity index (χ2v) is 7.10. The number of hydrogen-bond donors (Lipinski definition) is 1. The molecule has 3 aromatic rings. The summed E-state index contributed by atoms with van der Waals surface area (Å²) in [5, 5.41) is 5.73. The summed E-state index contributed by atoms with van der Waals surface area (Å²) in [6, 6.07) is 13.3. The predicted octanol–water partition coefficient (Wildman–Crippen LogP) is 5.47. The highest BCUT2D eigenvalue weighted by atomic mass is 79.9. The summed E-state index contributed by atoms with van der Waals surface area (Å²) in [7, 11) is 0. The van der Waals surface area contributed by atoms with E-state index in [2.05, 4.69) is 81.9 Å². The van der Waals surface area contributed by atoms with E-state index in [1.807, 2.05) is 6.20 Å². The van der Waals surface area contributed by atoms with E-state index in [-0.39, 0.29) is 6.04 Å². The lowest BCUT2D eigenvalue weighted by Gasteiger charge is -2.20. The molecule has 0 spiro atoms. The highest BCUT2D eigenvalue weighted by Crippen LogP contribution is 2.25. The Balaban J connectivity index is 1.75. The van der Waals surface area contributed by atoms with Gasteiger partial charge in [-0.3, -0.25) is 4.98 Å². The highest BCUT2D eigenvalue weighted by molar-refractivity contribution is 9.10. The van der Waals surface area contributed by atoms with Gasteiger partial charge in [0.2, 0.25) is 0 Å². The third-order valence-electron chi connectivity index (χ3n) is 3.69. The number of benzene rings is 1. The third-order valence-corrected chi connectivity index (χ3v) is 5.08. The van der Waals surface area contributed by atoms with E-state index < -0.39 is 0 Å². The Labute approximate surface area is 137 Å². The van der Waals surface area contributed by atoms with Crippen molar-refractivity contribution < 1.29 is 0 Å². The number of aromatic nitrogens is 1. The molecular formula is C17H17BrN2S. The van der Waals surface area contributed by atoms with Crippen LogP contribution in [0.25, 0.3) is 10.2 Å². The molecule has 2 nitrogen and oxygen atoms in total. The van der Waals surface area contributed by atoms with Crippen LogP contribution in [0.15, 0.2) is 52.4 Å². The molecule has 1 N–H and O–H groups in total. The Hall–Kier alpha value is -1.23. The lowest BCUT2D eigenvalue weighted by atomic mass is 10.1. The Kier molecular flexibility index (Phi) is 4.38. The second kappa shape index (κ2) is 6.26. The van der Waals surface area contributed by atoms with Crippen molar-refractivity contribution in [2.45, 2.75) is 25.9 Å². The smallest absolute Gasteiger partial charge is 0.0809 e. The van der Waals surface area contributed by atoms with Crippen LogP contribution < -0.4 is 5.32 Å². The number of pyridine rings is 1. The van der Waals surface area contributed by atoms with Crippen molar-refractivity contribution in [1.29, 1.82) is 0 Å². The Morgan fingerprint density at radius 1 is 1.05 bits per heavy atom. The summed E-state index contributed by atoms with van der Waals surface area (Å²) in [5.74, 6) is 0. The van der Waals surface area contributed by atoms with Crippen LogP contribution in [0.1, 0.15) is 37.1 Å². The van der Waals surface area contributed by atoms with Gasteiger partial charge in [0.25, 0.3) is 0 Å². The van der Waals surface area contributed by atoms with Gasteiger partial charge >= 0.3 is 0 Å². The zero-order chi connectivity index (χ0) is 14.8. The molecule has 2 atom stereocenters. The van der Waals surface area contributed by atoms with Gasteiger partial charge in [-0.25, -0.2) is 0 Å². The van der Waals surface area contributed by atoms with Crippen molar-refractivity contribution in [3.63, 3.8) is 0 Å². The molecule has 0 fully saturated rings. The number of fused-ring (bicyclic) bond motifs is 1. The van der Waals surface area contributed by atoms with Crippen molar-refractivity contribution in [1.82, 2.24) is 10.3 Å². The Morgan fingerprint density at radius 2 is 1.76 bits per heavy atom. The topological polar surface area (TPSA) is 24.9 Å². The molecule has 0 radical (unpaired) electrons. The standard InChI is InChI=1S/C17H17BrN2S/c1-11(13-3-5-15(18)6-4-13)20-12(2)14-9-17-16(19-10-14)7-8-21-17/h3-12,20H,1-2H3/t11-,12?/m1/s1. The number of nitrogens with zero attached hydrogens (tertiary/aromatic N) is 1. The van der Waals surface area contributed by atoms with E-state index in [4.69, 9.17) is 0 Å². The minimum Gasteiger partial charge on any atom is -0.304 e. The van der Waals surface area contributed by atoms with Crippen LogP contribution in [0, 0.1) is 0 Å². The SMILES string of the molecule is CC(N[C@H](C)c1ccc(Br)cc1)c1cnc2ccsc2c1. The lowest BCUT2D eigenvalue weighted by Crippen LogP contribution is -2.22. The first kappa shape index (κ1) is 14.7. The minimum absolute atomic E-state index is 0.266. The first-order valence-corrected chi connectivity index (χ1v) is 8.65. The molecule has 21 heavy (non-hydrogen) atoms. The van der Waals surface area contributed by atoms with Gasteiger partial charge in [0, 0.05) is 22.8 Å². The molecule has 0 bridgehead atoms. The summed E-state index contributed by atoms with van der Waals surface area (Å²) in [6.07, 6.45) is 1.97. The molecule has 3 rings (SSSR count). The molecular weight excluding hydrogens is 344 g/mol. The van der Waals surface area contributed by atoms with Gasteiger partial charge in [-0.05, 0) is 54.6 Å². The summed E-state index contributed by atoms with van der Waals surface area (Å²) in [6.45, 7) is 4.38. The fourth-order valence-electron chi connectivity index (χ4n) is 2.42. The number of hydrogen-bond acceptors (Lipinski definition) is 3. The molecule has 0 aliphatic carbocycles. The maximum atomic E-state index is 4.52. The van der Waals surface area contributed by atoms with Gasteiger partial charge in [-0.2, -0.15) is 0 Å². The Morgan fingerprint density at radius 3 is 2.52 bits per heavy atom. The normalized spacial score (nSPS) is 14.2. The molecule has 2 aromatic heterocycles. The summed E-state index contributed by atoms with van der Waals surface area (Å²) < 4.78 is 2.36. The van der Waals surface area contributed by atoms with Crippen molar-refractivity contribution in [2.75, 3.05) is 0 Å². The van der Waals surface area contributed by atoms with Gasteiger partial charge in [0.1, 0.15) is 0 Å². The van der Waals surface area contributed by atoms with E-state index in [0.717, 1.165) is 9.99 Å². The number of rotatable bonds is 4. The van der Waals surface area contributed by atoms with Crippen molar-refractivity contribution in [2.24, 2.45) is 0 Å². The maximum Gasteiger partial charge on any atom is 0.0809 e. The lowest BCUT2D eigenvalue weighted by molar-refractivity contribution is 0.494. The maximum absolute atomic E-state index is 4.52. The van der Waals surface area contributed by atoms with Crippen LogP contribution >= 0.6 is 27.3 Å². The first-order valence-electron chi connectivity index (χ1n) is 6.98. The van der Waals surface area contributed by atoms with Gasteiger partial charge in [-0.15, -0.1) is 11.3 Å². The Bertz CT molecular complexity index is 736. The van der Waals surface area contributed by atoms with Crippen LogP contribution in [0.2, 0.25) is 0 Å². The fourth-order valence-corrected chi connectivity index (χ4v) is 3.47. The molecule has 1 aromatic carbocycles. The molecule has 0 amide bonds. The molecule has 0 saturated carbocycles. The van der Waals surface area contributed by atoms with Gasteiger partial charge in [-0.1, -0.05) is 28.1 Å². The molecule has 0 aliphatic rings. The number of halogens is 1. The van der Waals surface area contributed by atoms with Gasteiger partial charge < -0.3 is 5.32 Å². The monoisotopic (exact) mass is 360 g/mol. The van der Waals surface area contributed by atoms with Crippen molar-refractivity contribution >= 4 is 37.5 Å². The predicted molar refractivity (Wildman–Crippen MR) is 93.7 cm³/mol. The molecule has 4 heteroatoms. The van der Waals surface area contributed by atoms with Gasteiger partial charge in [0.05, 0.1) is 10.2 Å². The molecule has 0 saturated heterocycles. The second-order valence-electron chi connectivity index (χ2n) is 5.23. The average Bonchev–Trinajstić information content (AvgIpc) is 2.95. The van der Waals surface area contributed by atoms with Gasteiger partial charge in [0.15, 0.2) is 0 Å². The minimum atomic E-state index is 0.266. The molecule has 2 heterocycles. The zero-order valence-corrected chi connectivity index (χ0v) is 14.4. The quantitative estimate of drug-likeness (QED) is 0.666. The van der Waals surface area contributed by atoms with Crippen molar-refractivity contribution in [3.05, 3.63) is 63.6 Å². The average molecular weight is 361 g/mol. The fraction of sp³-hybridized carbons (Fsp3) is 0.235. The molecule has 108 valence electrons. The van der Waals surface area contributed by atoms with Crippen molar-refractivity contribution in [3.8, 4) is 0 Å². The highest BCUT2D eigenvalue weighted by Gasteiger charge is 2.12. The van der Waals surface area contributed by atoms with E-state index in [9.17, 15) is 0 Å². The third kappa shape index (κ3) is 3.34. The molecule has 0 aliphatic heterocycles. The zero-order valence-electron chi connectivity index (χ0n) is 12.0. The number of nitrogens with one attached hydrogen (secondary N) is 1. The van der Waals surface area contributed by atoms with Crippen LogP contribution in [-0.2, 0) is 0 Å². The summed E-state index contributed by atoms with van der Waals surface area (Å²) >= 11 is 5.21. The van der Waals surface area contributed by atoms with E-state index in [1.54, 1.807) is 11.3 Å².